The fourth-order valence-corrected chi connectivity index (χ4v) is 0.613. The quantitative estimate of drug-likeness (QED) is 0.590. The predicted octanol–water partition coefficient (Wildman–Crippen LogP) is -0.500. The molecule has 0 aromatic rings. The zero-order valence-electron chi connectivity index (χ0n) is 6.84. The van der Waals surface area contributed by atoms with Crippen LogP contribution >= 0.6 is 0 Å². The lowest BCUT2D eigenvalue weighted by atomic mass is 10.3. The molecule has 0 saturated heterocycles. The maximum Gasteiger partial charge on any atom is 0.397 e. The summed E-state index contributed by atoms with van der Waals surface area (Å²) in [5, 5.41) is 18.1. The molecule has 0 bridgehead atoms. The van der Waals surface area contributed by atoms with Gasteiger partial charge in [0.25, 0.3) is 0 Å². The molecule has 0 heterocycles. The van der Waals surface area contributed by atoms with Crippen molar-refractivity contribution in [3.63, 3.8) is 0 Å². The van der Waals surface area contributed by atoms with Crippen molar-refractivity contribution in [1.82, 2.24) is 5.32 Å². The number of alkyl halides is 3. The normalized spacial score (nSPS) is 13.4. The summed E-state index contributed by atoms with van der Waals surface area (Å²) < 4.78 is 34.8. The molecule has 0 radical (unpaired) electrons. The highest BCUT2D eigenvalue weighted by Crippen LogP contribution is 2.18. The van der Waals surface area contributed by atoms with Gasteiger partial charge in [-0.3, -0.25) is 4.79 Å². The Bertz CT molecular complexity index is 228. The Morgan fingerprint density at radius 1 is 1.36 bits per heavy atom. The lowest BCUT2D eigenvalue weighted by Crippen LogP contribution is -2.44. The predicted molar refractivity (Wildman–Crippen MR) is 37.3 cm³/mol. The average Bonchev–Trinajstić information content (AvgIpc) is 1.96. The van der Waals surface area contributed by atoms with Gasteiger partial charge in [-0.05, 0) is 0 Å². The first-order chi connectivity index (χ1) is 6.26. The van der Waals surface area contributed by atoms with Crippen LogP contribution in [0.4, 0.5) is 13.2 Å². The molecule has 5 nitrogen and oxygen atoms in total. The zero-order chi connectivity index (χ0) is 11.4. The second-order valence-corrected chi connectivity index (χ2v) is 2.43. The van der Waals surface area contributed by atoms with Gasteiger partial charge in [0.1, 0.15) is 12.5 Å². The number of carboxylic acids is 1. The van der Waals surface area contributed by atoms with E-state index in [9.17, 15) is 22.8 Å². The number of rotatable bonds is 4. The van der Waals surface area contributed by atoms with Crippen LogP contribution in [0.3, 0.4) is 0 Å². The molecule has 1 unspecified atom stereocenters. The van der Waals surface area contributed by atoms with Crippen molar-refractivity contribution in [2.24, 2.45) is 0 Å². The van der Waals surface area contributed by atoms with Gasteiger partial charge in [-0.2, -0.15) is 13.2 Å². The number of aliphatic hydroxyl groups excluding tert-OH is 1. The number of aliphatic carboxylic acids is 1. The second-order valence-electron chi connectivity index (χ2n) is 2.43. The van der Waals surface area contributed by atoms with E-state index in [0.29, 0.717) is 0 Å². The van der Waals surface area contributed by atoms with E-state index < -0.39 is 37.1 Å². The number of nitrogens with one attached hydrogen (secondary N) is 1. The van der Waals surface area contributed by atoms with Crippen LogP contribution in [0.2, 0.25) is 0 Å². The van der Waals surface area contributed by atoms with Crippen molar-refractivity contribution in [3.8, 4) is 0 Å². The SMILES string of the molecule is O=C(CC(F)(F)F)NC(CO)C(=O)O. The largest absolute Gasteiger partial charge is 0.480 e. The van der Waals surface area contributed by atoms with Gasteiger partial charge < -0.3 is 15.5 Å². The van der Waals surface area contributed by atoms with Crippen LogP contribution in [0, 0.1) is 0 Å². The van der Waals surface area contributed by atoms with Crippen LogP contribution < -0.4 is 5.32 Å². The Hall–Kier alpha value is -1.31. The van der Waals surface area contributed by atoms with Gasteiger partial charge >= 0.3 is 12.1 Å². The van der Waals surface area contributed by atoms with Crippen LogP contribution in [0.25, 0.3) is 0 Å². The Balaban J connectivity index is 4.11. The minimum atomic E-state index is -4.69. The summed E-state index contributed by atoms with van der Waals surface area (Å²) >= 11 is 0. The van der Waals surface area contributed by atoms with Gasteiger partial charge in [0.05, 0.1) is 6.61 Å². The summed E-state index contributed by atoms with van der Waals surface area (Å²) in [5.74, 6) is -3.08. The molecule has 0 aliphatic carbocycles. The summed E-state index contributed by atoms with van der Waals surface area (Å²) in [5.41, 5.74) is 0. The van der Waals surface area contributed by atoms with Gasteiger partial charge in [-0.1, -0.05) is 0 Å². The van der Waals surface area contributed by atoms with Crippen molar-refractivity contribution in [3.05, 3.63) is 0 Å². The maximum atomic E-state index is 11.6. The lowest BCUT2D eigenvalue weighted by molar-refractivity contribution is -0.157. The number of carbonyl (C=O) groups is 2. The number of hydrogen-bond acceptors (Lipinski definition) is 3. The van der Waals surface area contributed by atoms with Gasteiger partial charge in [0.2, 0.25) is 5.91 Å². The van der Waals surface area contributed by atoms with E-state index in [1.54, 1.807) is 0 Å². The third-order valence-electron chi connectivity index (χ3n) is 1.18. The molecule has 0 aromatic heterocycles. The van der Waals surface area contributed by atoms with E-state index in [4.69, 9.17) is 10.2 Å². The summed E-state index contributed by atoms with van der Waals surface area (Å²) in [6.45, 7) is -0.959. The Kier molecular flexibility index (Phi) is 4.35. The van der Waals surface area contributed by atoms with Crippen molar-refractivity contribution >= 4 is 11.9 Å². The topological polar surface area (TPSA) is 86.6 Å². The third kappa shape index (κ3) is 5.36. The zero-order valence-corrected chi connectivity index (χ0v) is 6.84. The highest BCUT2D eigenvalue weighted by atomic mass is 19.4. The maximum absolute atomic E-state index is 11.6. The first kappa shape index (κ1) is 12.7. The van der Waals surface area contributed by atoms with Crippen molar-refractivity contribution < 1.29 is 33.0 Å². The molecule has 0 saturated carbocycles. The fraction of sp³-hybridized carbons (Fsp3) is 0.667. The second kappa shape index (κ2) is 4.80. The number of carbonyl (C=O) groups excluding carboxylic acids is 1. The highest BCUT2D eigenvalue weighted by molar-refractivity contribution is 5.83. The van der Waals surface area contributed by atoms with Gasteiger partial charge in [0, 0.05) is 0 Å². The third-order valence-corrected chi connectivity index (χ3v) is 1.18. The van der Waals surface area contributed by atoms with E-state index in [1.807, 2.05) is 0 Å². The number of halogens is 3. The van der Waals surface area contributed by atoms with Crippen molar-refractivity contribution in [2.45, 2.75) is 18.6 Å². The van der Waals surface area contributed by atoms with E-state index in [1.165, 1.54) is 5.32 Å². The first-order valence-electron chi connectivity index (χ1n) is 3.46. The van der Waals surface area contributed by atoms with E-state index in [-0.39, 0.29) is 0 Å². The molecule has 1 atom stereocenters. The summed E-state index contributed by atoms with van der Waals surface area (Å²) in [4.78, 5) is 20.7. The fourth-order valence-electron chi connectivity index (χ4n) is 0.613. The molecule has 14 heavy (non-hydrogen) atoms. The first-order valence-corrected chi connectivity index (χ1v) is 3.46. The highest BCUT2D eigenvalue weighted by Gasteiger charge is 2.32. The molecule has 82 valence electrons. The molecule has 0 spiro atoms. The summed E-state index contributed by atoms with van der Waals surface area (Å²) in [6.07, 6.45) is -6.46. The molecule has 0 fully saturated rings. The lowest BCUT2D eigenvalue weighted by Gasteiger charge is -2.12. The molecule has 0 aliphatic rings. The Morgan fingerprint density at radius 3 is 2.14 bits per heavy atom. The molecular formula is C6H8F3NO4. The van der Waals surface area contributed by atoms with E-state index >= 15 is 0 Å². The molecule has 3 N–H and O–H groups in total. The minimum Gasteiger partial charge on any atom is -0.480 e. The minimum absolute atomic E-state index is 0.959. The Labute approximate surface area is 76.5 Å². The Morgan fingerprint density at radius 2 is 1.86 bits per heavy atom. The van der Waals surface area contributed by atoms with Gasteiger partial charge in [-0.25, -0.2) is 4.79 Å². The van der Waals surface area contributed by atoms with E-state index in [0.717, 1.165) is 0 Å². The van der Waals surface area contributed by atoms with Crippen molar-refractivity contribution in [1.29, 1.82) is 0 Å². The van der Waals surface area contributed by atoms with Crippen LogP contribution in [-0.4, -0.2) is 40.9 Å². The van der Waals surface area contributed by atoms with Crippen LogP contribution in [-0.2, 0) is 9.59 Å². The number of hydrogen-bond donors (Lipinski definition) is 3. The molecule has 1 amide bonds. The monoisotopic (exact) mass is 215 g/mol. The number of aliphatic hydroxyl groups is 1. The number of amides is 1. The number of carboxylic acid groups (broad SMARTS) is 1. The molecule has 0 aromatic carbocycles. The van der Waals surface area contributed by atoms with Gasteiger partial charge in [0.15, 0.2) is 0 Å². The molecule has 0 aliphatic heterocycles. The standard InChI is InChI=1S/C6H8F3NO4/c7-6(8,9)1-4(12)10-3(2-11)5(13)14/h3,11H,1-2H2,(H,10,12)(H,13,14). The summed E-state index contributed by atoms with van der Waals surface area (Å²) in [6, 6.07) is -1.70. The van der Waals surface area contributed by atoms with Crippen LogP contribution in [0.5, 0.6) is 0 Å². The van der Waals surface area contributed by atoms with E-state index in [2.05, 4.69) is 0 Å². The summed E-state index contributed by atoms with van der Waals surface area (Å²) in [7, 11) is 0. The molecule has 0 rings (SSSR count). The van der Waals surface area contributed by atoms with Gasteiger partial charge in [-0.15, -0.1) is 0 Å². The molecule has 8 heteroatoms. The average molecular weight is 215 g/mol. The van der Waals surface area contributed by atoms with Crippen molar-refractivity contribution in [2.75, 3.05) is 6.61 Å². The van der Waals surface area contributed by atoms with Crippen LogP contribution in [0.15, 0.2) is 0 Å². The smallest absolute Gasteiger partial charge is 0.397 e. The molecular weight excluding hydrogens is 207 g/mol. The van der Waals surface area contributed by atoms with Crippen LogP contribution in [0.1, 0.15) is 6.42 Å².